The number of likely N-dealkylation sites (tertiary alicyclic amines) is 1. The van der Waals surface area contributed by atoms with Crippen LogP contribution in [0.25, 0.3) is 0 Å². The van der Waals surface area contributed by atoms with Crippen molar-refractivity contribution in [1.29, 1.82) is 0 Å². The fraction of sp³-hybridized carbons (Fsp3) is 0.462. The smallest absolute Gasteiger partial charge is 0.341 e. The van der Waals surface area contributed by atoms with Gasteiger partial charge in [0.1, 0.15) is 11.4 Å². The third-order valence-electron chi connectivity index (χ3n) is 7.19. The number of carbonyl (C=O) groups is 2. The molecule has 3 heterocycles. The minimum absolute atomic E-state index is 0.00156. The molecular formula is C26H29NO7. The van der Waals surface area contributed by atoms with E-state index in [2.05, 4.69) is 0 Å². The van der Waals surface area contributed by atoms with Crippen LogP contribution in [-0.4, -0.2) is 57.9 Å². The van der Waals surface area contributed by atoms with Crippen molar-refractivity contribution in [1.82, 2.24) is 4.90 Å². The molecule has 180 valence electrons. The summed E-state index contributed by atoms with van der Waals surface area (Å²) in [5.41, 5.74) is 0.729. The molecule has 3 aliphatic heterocycles. The fourth-order valence-electron chi connectivity index (χ4n) is 5.56. The number of rotatable bonds is 4. The zero-order valence-electron chi connectivity index (χ0n) is 19.3. The lowest BCUT2D eigenvalue weighted by atomic mass is 9.72. The molecule has 4 atom stereocenters. The van der Waals surface area contributed by atoms with Gasteiger partial charge in [0.15, 0.2) is 18.1 Å². The lowest BCUT2D eigenvalue weighted by Gasteiger charge is -2.54. The molecule has 0 saturated carbocycles. The number of piperidine rings is 1. The number of phenolic OH excluding ortho intramolecular Hbond substituents is 1. The van der Waals surface area contributed by atoms with Gasteiger partial charge in [0.05, 0.1) is 18.2 Å². The second-order valence-electron chi connectivity index (χ2n) is 9.76. The van der Waals surface area contributed by atoms with E-state index in [-0.39, 0.29) is 35.8 Å². The van der Waals surface area contributed by atoms with Crippen molar-refractivity contribution in [2.75, 3.05) is 13.2 Å². The first-order valence-corrected chi connectivity index (χ1v) is 11.7. The summed E-state index contributed by atoms with van der Waals surface area (Å²) in [6, 6.07) is 11.9. The SMILES string of the molecule is CC1(C)Oc2c(O)cccc2[C@H]2O[C@H]3CCCN(C(=O)c4cccc(OCC(=O)O)c4)[C@H]3C[C@@H]21. The Morgan fingerprint density at radius 2 is 2.00 bits per heavy atom. The van der Waals surface area contributed by atoms with Crippen molar-refractivity contribution >= 4 is 11.9 Å². The average Bonchev–Trinajstić information content (AvgIpc) is 2.82. The minimum atomic E-state index is -1.07. The zero-order chi connectivity index (χ0) is 24.0. The quantitative estimate of drug-likeness (QED) is 0.705. The van der Waals surface area contributed by atoms with Crippen LogP contribution in [0.2, 0.25) is 0 Å². The molecule has 2 saturated heterocycles. The summed E-state index contributed by atoms with van der Waals surface area (Å²) in [4.78, 5) is 26.2. The Morgan fingerprint density at radius 1 is 1.21 bits per heavy atom. The van der Waals surface area contributed by atoms with E-state index in [1.807, 2.05) is 24.8 Å². The number of phenols is 1. The number of carboxylic acid groups (broad SMARTS) is 1. The van der Waals surface area contributed by atoms with E-state index in [1.54, 1.807) is 36.4 Å². The number of nitrogens with zero attached hydrogens (tertiary/aromatic N) is 1. The molecule has 0 spiro atoms. The average molecular weight is 468 g/mol. The van der Waals surface area contributed by atoms with Crippen LogP contribution < -0.4 is 9.47 Å². The van der Waals surface area contributed by atoms with Crippen molar-refractivity contribution in [2.45, 2.75) is 57.0 Å². The predicted molar refractivity (Wildman–Crippen MR) is 122 cm³/mol. The first kappa shape index (κ1) is 22.5. The Hall–Kier alpha value is -3.26. The molecule has 1 amide bonds. The van der Waals surface area contributed by atoms with Gasteiger partial charge in [0, 0.05) is 23.6 Å². The van der Waals surface area contributed by atoms with Crippen molar-refractivity contribution in [2.24, 2.45) is 5.92 Å². The van der Waals surface area contributed by atoms with Crippen LogP contribution >= 0.6 is 0 Å². The normalized spacial score (nSPS) is 26.9. The first-order chi connectivity index (χ1) is 16.2. The molecule has 0 bridgehead atoms. The molecule has 0 unspecified atom stereocenters. The van der Waals surface area contributed by atoms with Crippen LogP contribution in [0.4, 0.5) is 0 Å². The molecular weight excluding hydrogens is 438 g/mol. The number of amides is 1. The standard InChI is InChI=1S/C26H29NO7/c1-26(2)18-13-19-21(33-23(18)17-8-4-9-20(28)24(17)34-26)10-5-11-27(19)25(31)15-6-3-7-16(12-15)32-14-22(29)30/h3-4,6-9,12,18-19,21,23,28H,5,10-11,13-14H2,1-2H3,(H,29,30)/t18-,19-,21-,23+/m0/s1. The molecule has 0 aromatic heterocycles. The van der Waals surface area contributed by atoms with Gasteiger partial charge in [-0.05, 0) is 57.4 Å². The Bertz CT molecular complexity index is 1110. The Labute approximate surface area is 198 Å². The van der Waals surface area contributed by atoms with Crippen molar-refractivity contribution in [3.8, 4) is 17.2 Å². The van der Waals surface area contributed by atoms with Crippen LogP contribution in [0.15, 0.2) is 42.5 Å². The Morgan fingerprint density at radius 3 is 2.79 bits per heavy atom. The van der Waals surface area contributed by atoms with E-state index < -0.39 is 18.2 Å². The number of para-hydroxylation sites is 1. The molecule has 5 rings (SSSR count). The molecule has 3 aliphatic rings. The van der Waals surface area contributed by atoms with E-state index in [0.29, 0.717) is 23.6 Å². The van der Waals surface area contributed by atoms with E-state index in [0.717, 1.165) is 24.8 Å². The molecule has 2 aromatic carbocycles. The highest BCUT2D eigenvalue weighted by atomic mass is 16.5. The lowest BCUT2D eigenvalue weighted by Crippen LogP contribution is -2.60. The number of hydrogen-bond donors (Lipinski definition) is 2. The minimum Gasteiger partial charge on any atom is -0.504 e. The summed E-state index contributed by atoms with van der Waals surface area (Å²) in [5, 5.41) is 19.2. The molecule has 2 N–H and O–H groups in total. The van der Waals surface area contributed by atoms with Crippen LogP contribution in [0, 0.1) is 5.92 Å². The van der Waals surface area contributed by atoms with Gasteiger partial charge >= 0.3 is 5.97 Å². The van der Waals surface area contributed by atoms with Crippen LogP contribution in [0.3, 0.4) is 0 Å². The van der Waals surface area contributed by atoms with Crippen molar-refractivity contribution in [3.63, 3.8) is 0 Å². The van der Waals surface area contributed by atoms with E-state index in [4.69, 9.17) is 19.3 Å². The lowest BCUT2D eigenvalue weighted by molar-refractivity contribution is -0.184. The second-order valence-corrected chi connectivity index (χ2v) is 9.76. The number of carboxylic acids is 1. The summed E-state index contributed by atoms with van der Waals surface area (Å²) >= 11 is 0. The zero-order valence-corrected chi connectivity index (χ0v) is 19.3. The second kappa shape index (κ2) is 8.51. The Kier molecular flexibility index (Phi) is 5.64. The van der Waals surface area contributed by atoms with Gasteiger partial charge < -0.3 is 29.3 Å². The highest BCUT2D eigenvalue weighted by Crippen LogP contribution is 2.54. The summed E-state index contributed by atoms with van der Waals surface area (Å²) < 4.78 is 18.1. The van der Waals surface area contributed by atoms with Gasteiger partial charge in [-0.2, -0.15) is 0 Å². The number of aromatic hydroxyl groups is 1. The van der Waals surface area contributed by atoms with E-state index in [1.165, 1.54) is 0 Å². The summed E-state index contributed by atoms with van der Waals surface area (Å²) in [6.45, 7) is 4.17. The van der Waals surface area contributed by atoms with Crippen LogP contribution in [-0.2, 0) is 9.53 Å². The number of benzene rings is 2. The van der Waals surface area contributed by atoms with Gasteiger partial charge in [-0.15, -0.1) is 0 Å². The molecule has 8 heteroatoms. The number of fused-ring (bicyclic) bond motifs is 4. The van der Waals surface area contributed by atoms with Crippen LogP contribution in [0.1, 0.15) is 55.1 Å². The van der Waals surface area contributed by atoms with Gasteiger partial charge in [-0.3, -0.25) is 4.79 Å². The number of aliphatic carboxylic acids is 1. The predicted octanol–water partition coefficient (Wildman–Crippen LogP) is 3.78. The topological polar surface area (TPSA) is 106 Å². The first-order valence-electron chi connectivity index (χ1n) is 11.7. The van der Waals surface area contributed by atoms with E-state index >= 15 is 0 Å². The van der Waals surface area contributed by atoms with Gasteiger partial charge in [0.2, 0.25) is 0 Å². The van der Waals surface area contributed by atoms with Crippen molar-refractivity contribution < 1.29 is 34.0 Å². The molecule has 8 nitrogen and oxygen atoms in total. The third kappa shape index (κ3) is 3.96. The van der Waals surface area contributed by atoms with Crippen molar-refractivity contribution in [3.05, 3.63) is 53.6 Å². The molecule has 34 heavy (non-hydrogen) atoms. The molecule has 0 aliphatic carbocycles. The summed E-state index contributed by atoms with van der Waals surface area (Å²) in [6.07, 6.45) is 2.07. The van der Waals surface area contributed by atoms with E-state index in [9.17, 15) is 14.7 Å². The third-order valence-corrected chi connectivity index (χ3v) is 7.19. The molecule has 2 aromatic rings. The summed E-state index contributed by atoms with van der Waals surface area (Å²) in [5.74, 6) is -0.252. The maximum atomic E-state index is 13.5. The molecule has 0 radical (unpaired) electrons. The largest absolute Gasteiger partial charge is 0.504 e. The number of ether oxygens (including phenoxy) is 3. The molecule has 2 fully saturated rings. The van der Waals surface area contributed by atoms with Gasteiger partial charge in [0.25, 0.3) is 5.91 Å². The fourth-order valence-corrected chi connectivity index (χ4v) is 5.56. The highest BCUT2D eigenvalue weighted by Gasteiger charge is 2.53. The highest BCUT2D eigenvalue weighted by molar-refractivity contribution is 5.95. The Balaban J connectivity index is 1.41. The van der Waals surface area contributed by atoms with Gasteiger partial charge in [-0.1, -0.05) is 18.2 Å². The number of hydrogen-bond acceptors (Lipinski definition) is 6. The summed E-state index contributed by atoms with van der Waals surface area (Å²) in [7, 11) is 0. The van der Waals surface area contributed by atoms with Crippen LogP contribution in [0.5, 0.6) is 17.2 Å². The maximum Gasteiger partial charge on any atom is 0.341 e. The maximum absolute atomic E-state index is 13.5. The number of carbonyl (C=O) groups excluding carboxylic acids is 1. The van der Waals surface area contributed by atoms with Gasteiger partial charge in [-0.25, -0.2) is 4.79 Å². The monoisotopic (exact) mass is 467 g/mol.